The van der Waals surface area contributed by atoms with Gasteiger partial charge < -0.3 is 10.1 Å². The van der Waals surface area contributed by atoms with E-state index in [0.29, 0.717) is 0 Å². The van der Waals surface area contributed by atoms with Crippen molar-refractivity contribution in [2.45, 2.75) is 19.4 Å². The lowest BCUT2D eigenvalue weighted by atomic mass is 10.1. The van der Waals surface area contributed by atoms with Crippen LogP contribution in [0.25, 0.3) is 0 Å². The zero-order valence-electron chi connectivity index (χ0n) is 8.80. The van der Waals surface area contributed by atoms with E-state index in [1.54, 1.807) is 7.11 Å². The fourth-order valence-electron chi connectivity index (χ4n) is 0.955. The highest BCUT2D eigenvalue weighted by atomic mass is 35.5. The molecule has 0 fully saturated rings. The third kappa shape index (κ3) is 3.56. The van der Waals surface area contributed by atoms with E-state index in [1.807, 2.05) is 38.1 Å². The van der Waals surface area contributed by atoms with Crippen LogP contribution in [0, 0.1) is 0 Å². The maximum absolute atomic E-state index is 5.78. The second-order valence-electron chi connectivity index (χ2n) is 3.82. The molecule has 0 aliphatic rings. The predicted octanol–water partition coefficient (Wildman–Crippen LogP) is 3.18. The summed E-state index contributed by atoms with van der Waals surface area (Å²) in [6.45, 7) is 4.84. The van der Waals surface area contributed by atoms with Gasteiger partial charge >= 0.3 is 0 Å². The maximum atomic E-state index is 5.78. The summed E-state index contributed by atoms with van der Waals surface area (Å²) in [5, 5.41) is 4.03. The fraction of sp³-hybridized carbons (Fsp3) is 0.455. The van der Waals surface area contributed by atoms with Crippen LogP contribution in [0.1, 0.15) is 13.8 Å². The maximum Gasteiger partial charge on any atom is 0.0794 e. The van der Waals surface area contributed by atoms with Crippen molar-refractivity contribution in [1.29, 1.82) is 0 Å². The van der Waals surface area contributed by atoms with Crippen LogP contribution in [-0.2, 0) is 4.74 Å². The summed E-state index contributed by atoms with van der Waals surface area (Å²) in [6, 6.07) is 7.63. The fourth-order valence-corrected chi connectivity index (χ4v) is 1.08. The first-order valence-electron chi connectivity index (χ1n) is 4.58. The number of hydrogen-bond acceptors (Lipinski definition) is 2. The third-order valence-electron chi connectivity index (χ3n) is 2.12. The Morgan fingerprint density at radius 1 is 1.29 bits per heavy atom. The Kier molecular flexibility index (Phi) is 3.78. The topological polar surface area (TPSA) is 21.3 Å². The second kappa shape index (κ2) is 4.67. The van der Waals surface area contributed by atoms with Crippen LogP contribution in [0.2, 0.25) is 5.02 Å². The van der Waals surface area contributed by atoms with E-state index in [1.165, 1.54) is 0 Å². The van der Waals surface area contributed by atoms with Crippen molar-refractivity contribution in [1.82, 2.24) is 0 Å². The van der Waals surface area contributed by atoms with Crippen LogP contribution >= 0.6 is 11.6 Å². The highest BCUT2D eigenvalue weighted by molar-refractivity contribution is 6.30. The lowest BCUT2D eigenvalue weighted by Gasteiger charge is -2.23. The minimum absolute atomic E-state index is 0.153. The van der Waals surface area contributed by atoms with E-state index in [2.05, 4.69) is 5.32 Å². The summed E-state index contributed by atoms with van der Waals surface area (Å²) >= 11 is 5.78. The van der Waals surface area contributed by atoms with E-state index >= 15 is 0 Å². The van der Waals surface area contributed by atoms with Gasteiger partial charge in [0.25, 0.3) is 0 Å². The lowest BCUT2D eigenvalue weighted by Crippen LogP contribution is -2.31. The average molecular weight is 214 g/mol. The van der Waals surface area contributed by atoms with Gasteiger partial charge in [-0.15, -0.1) is 0 Å². The molecule has 0 saturated heterocycles. The van der Waals surface area contributed by atoms with Gasteiger partial charge in [-0.05, 0) is 38.1 Å². The van der Waals surface area contributed by atoms with Gasteiger partial charge in [-0.1, -0.05) is 11.6 Å². The smallest absolute Gasteiger partial charge is 0.0794 e. The quantitative estimate of drug-likeness (QED) is 0.830. The molecule has 14 heavy (non-hydrogen) atoms. The SMILES string of the molecule is COC(C)(C)CNc1ccc(Cl)cc1. The normalized spacial score (nSPS) is 11.4. The van der Waals surface area contributed by atoms with E-state index in [4.69, 9.17) is 16.3 Å². The Labute approximate surface area is 90.2 Å². The molecule has 0 aliphatic heterocycles. The Hall–Kier alpha value is -0.730. The molecule has 0 unspecified atom stereocenters. The van der Waals surface area contributed by atoms with Crippen molar-refractivity contribution >= 4 is 17.3 Å². The van der Waals surface area contributed by atoms with Crippen LogP contribution in [-0.4, -0.2) is 19.3 Å². The number of anilines is 1. The number of hydrogen-bond donors (Lipinski definition) is 1. The summed E-state index contributed by atoms with van der Waals surface area (Å²) in [4.78, 5) is 0. The summed E-state index contributed by atoms with van der Waals surface area (Å²) < 4.78 is 5.29. The molecule has 0 bridgehead atoms. The molecule has 0 spiro atoms. The van der Waals surface area contributed by atoms with Crippen LogP contribution in [0.3, 0.4) is 0 Å². The molecule has 0 radical (unpaired) electrons. The van der Waals surface area contributed by atoms with Crippen LogP contribution < -0.4 is 5.32 Å². The van der Waals surface area contributed by atoms with Gasteiger partial charge in [-0.25, -0.2) is 0 Å². The van der Waals surface area contributed by atoms with Crippen molar-refractivity contribution in [3.8, 4) is 0 Å². The second-order valence-corrected chi connectivity index (χ2v) is 4.26. The lowest BCUT2D eigenvalue weighted by molar-refractivity contribution is 0.0344. The molecule has 0 amide bonds. The third-order valence-corrected chi connectivity index (χ3v) is 2.37. The first-order valence-corrected chi connectivity index (χ1v) is 4.96. The molecule has 3 heteroatoms. The van der Waals surface area contributed by atoms with Crippen LogP contribution in [0.15, 0.2) is 24.3 Å². The van der Waals surface area contributed by atoms with E-state index in [-0.39, 0.29) is 5.60 Å². The Morgan fingerprint density at radius 2 is 1.86 bits per heavy atom. The molecule has 2 nitrogen and oxygen atoms in total. The van der Waals surface area contributed by atoms with Gasteiger partial charge in [0, 0.05) is 24.4 Å². The van der Waals surface area contributed by atoms with Crippen molar-refractivity contribution in [2.24, 2.45) is 0 Å². The van der Waals surface area contributed by atoms with Crippen molar-refractivity contribution in [2.75, 3.05) is 19.0 Å². The monoisotopic (exact) mass is 213 g/mol. The van der Waals surface area contributed by atoms with Crippen molar-refractivity contribution in [3.05, 3.63) is 29.3 Å². The molecule has 0 saturated carbocycles. The predicted molar refractivity (Wildman–Crippen MR) is 61.0 cm³/mol. The number of nitrogens with one attached hydrogen (secondary N) is 1. The molecule has 0 aromatic heterocycles. The molecule has 1 rings (SSSR count). The largest absolute Gasteiger partial charge is 0.382 e. The number of benzene rings is 1. The molecule has 1 aromatic carbocycles. The first-order chi connectivity index (χ1) is 6.53. The summed E-state index contributed by atoms with van der Waals surface area (Å²) in [6.07, 6.45) is 0. The Bertz CT molecular complexity index is 282. The molecular formula is C11H16ClNO. The minimum atomic E-state index is -0.153. The minimum Gasteiger partial charge on any atom is -0.382 e. The van der Waals surface area contributed by atoms with E-state index in [9.17, 15) is 0 Å². The first kappa shape index (κ1) is 11.3. The van der Waals surface area contributed by atoms with Gasteiger partial charge in [0.05, 0.1) is 5.60 Å². The number of methoxy groups -OCH3 is 1. The van der Waals surface area contributed by atoms with E-state index in [0.717, 1.165) is 17.3 Å². The van der Waals surface area contributed by atoms with Crippen LogP contribution in [0.4, 0.5) is 5.69 Å². The van der Waals surface area contributed by atoms with E-state index < -0.39 is 0 Å². The molecule has 1 N–H and O–H groups in total. The number of rotatable bonds is 4. The average Bonchev–Trinajstić information content (AvgIpc) is 2.17. The zero-order valence-corrected chi connectivity index (χ0v) is 9.56. The van der Waals surface area contributed by atoms with Crippen molar-refractivity contribution < 1.29 is 4.74 Å². The summed E-state index contributed by atoms with van der Waals surface area (Å²) in [5.74, 6) is 0. The molecule has 78 valence electrons. The molecule has 0 atom stereocenters. The Morgan fingerprint density at radius 3 is 2.36 bits per heavy atom. The Balaban J connectivity index is 2.50. The summed E-state index contributed by atoms with van der Waals surface area (Å²) in [7, 11) is 1.71. The number of halogens is 1. The highest BCUT2D eigenvalue weighted by Crippen LogP contribution is 2.15. The molecule has 0 aliphatic carbocycles. The molecule has 1 aromatic rings. The van der Waals surface area contributed by atoms with Gasteiger partial charge in [0.2, 0.25) is 0 Å². The summed E-state index contributed by atoms with van der Waals surface area (Å²) in [5.41, 5.74) is 0.902. The van der Waals surface area contributed by atoms with Crippen LogP contribution in [0.5, 0.6) is 0 Å². The zero-order chi connectivity index (χ0) is 10.6. The number of ether oxygens (including phenoxy) is 1. The van der Waals surface area contributed by atoms with Gasteiger partial charge in [-0.3, -0.25) is 0 Å². The molecular weight excluding hydrogens is 198 g/mol. The highest BCUT2D eigenvalue weighted by Gasteiger charge is 2.15. The van der Waals surface area contributed by atoms with Gasteiger partial charge in [0.15, 0.2) is 0 Å². The van der Waals surface area contributed by atoms with Crippen molar-refractivity contribution in [3.63, 3.8) is 0 Å². The standard InChI is InChI=1S/C11H16ClNO/c1-11(2,14-3)8-13-10-6-4-9(12)5-7-10/h4-7,13H,8H2,1-3H3. The van der Waals surface area contributed by atoms with Gasteiger partial charge in [0.1, 0.15) is 0 Å². The molecule has 0 heterocycles. The van der Waals surface area contributed by atoms with Gasteiger partial charge in [-0.2, -0.15) is 0 Å².